The molecule has 2 rings (SSSR count). The fourth-order valence-electron chi connectivity index (χ4n) is 2.64. The number of aliphatic carboxylic acids is 1. The number of ether oxygens (including phenoxy) is 2. The van der Waals surface area contributed by atoms with Crippen molar-refractivity contribution >= 4 is 34.0 Å². The number of phenols is 1. The number of phenolic OH excluding ortho intramolecular Hbond substituents is 1. The molecule has 31 heavy (non-hydrogen) atoms. The average Bonchev–Trinajstić information content (AvgIpc) is 2.66. The van der Waals surface area contributed by atoms with Gasteiger partial charge in [-0.1, -0.05) is 40.2 Å². The van der Waals surface area contributed by atoms with E-state index in [1.54, 1.807) is 32.9 Å². The number of benzene rings is 2. The highest BCUT2D eigenvalue weighted by molar-refractivity contribution is 9.10. The number of hydrogen-bond donors (Lipinski definition) is 3. The summed E-state index contributed by atoms with van der Waals surface area (Å²) in [6, 6.07) is 9.80. The van der Waals surface area contributed by atoms with Crippen LogP contribution in [0.15, 0.2) is 46.9 Å². The van der Waals surface area contributed by atoms with E-state index >= 15 is 0 Å². The van der Waals surface area contributed by atoms with E-state index in [0.29, 0.717) is 5.56 Å². The van der Waals surface area contributed by atoms with Crippen molar-refractivity contribution in [2.24, 2.45) is 0 Å². The van der Waals surface area contributed by atoms with Crippen LogP contribution >= 0.6 is 15.9 Å². The van der Waals surface area contributed by atoms with Crippen LogP contribution in [0.5, 0.6) is 5.75 Å². The van der Waals surface area contributed by atoms with Crippen molar-refractivity contribution in [3.05, 3.63) is 63.6 Å². The zero-order valence-electron chi connectivity index (χ0n) is 17.3. The summed E-state index contributed by atoms with van der Waals surface area (Å²) >= 11 is 3.37. The Bertz CT molecular complexity index is 969. The van der Waals surface area contributed by atoms with Crippen molar-refractivity contribution < 1.29 is 34.1 Å². The molecule has 3 N–H and O–H groups in total. The van der Waals surface area contributed by atoms with Gasteiger partial charge in [-0.3, -0.25) is 0 Å². The SMILES string of the molecule is CC(C)(C)OC(=O)N[C@@H](Cc1ccc(O)cc1C(=O)OCc1ccccc1Br)C(=O)O. The first-order valence-corrected chi connectivity index (χ1v) is 10.2. The summed E-state index contributed by atoms with van der Waals surface area (Å²) in [6.45, 7) is 4.94. The number of carboxylic acid groups (broad SMARTS) is 1. The summed E-state index contributed by atoms with van der Waals surface area (Å²) in [7, 11) is 0. The summed E-state index contributed by atoms with van der Waals surface area (Å²) in [5.41, 5.74) is 0.238. The fraction of sp³-hybridized carbons (Fsp3) is 0.318. The second-order valence-corrected chi connectivity index (χ2v) is 8.60. The van der Waals surface area contributed by atoms with E-state index in [2.05, 4.69) is 21.2 Å². The van der Waals surface area contributed by atoms with Crippen LogP contribution < -0.4 is 5.32 Å². The van der Waals surface area contributed by atoms with Crippen molar-refractivity contribution in [1.29, 1.82) is 0 Å². The van der Waals surface area contributed by atoms with Crippen molar-refractivity contribution in [1.82, 2.24) is 5.32 Å². The van der Waals surface area contributed by atoms with Gasteiger partial charge in [0.2, 0.25) is 0 Å². The highest BCUT2D eigenvalue weighted by atomic mass is 79.9. The lowest BCUT2D eigenvalue weighted by Crippen LogP contribution is -2.44. The molecule has 0 bridgehead atoms. The first kappa shape index (κ1) is 24.2. The molecular weight excluding hydrogens is 470 g/mol. The van der Waals surface area contributed by atoms with Crippen LogP contribution in [-0.2, 0) is 27.3 Å². The Morgan fingerprint density at radius 3 is 2.39 bits per heavy atom. The molecule has 1 atom stereocenters. The first-order chi connectivity index (χ1) is 14.5. The summed E-state index contributed by atoms with van der Waals surface area (Å²) in [5.74, 6) is -2.21. The zero-order chi connectivity index (χ0) is 23.2. The number of rotatable bonds is 7. The maximum Gasteiger partial charge on any atom is 0.408 e. The molecule has 0 aliphatic heterocycles. The monoisotopic (exact) mass is 493 g/mol. The Labute approximate surface area is 188 Å². The summed E-state index contributed by atoms with van der Waals surface area (Å²) in [5, 5.41) is 21.6. The molecule has 0 aliphatic rings. The molecule has 9 heteroatoms. The number of carbonyl (C=O) groups is 3. The number of carbonyl (C=O) groups excluding carboxylic acids is 2. The van der Waals surface area contributed by atoms with E-state index < -0.39 is 29.7 Å². The Kier molecular flexibility index (Phi) is 8.04. The average molecular weight is 494 g/mol. The molecule has 0 saturated heterocycles. The number of nitrogens with one attached hydrogen (secondary N) is 1. The molecule has 1 amide bonds. The topological polar surface area (TPSA) is 122 Å². The van der Waals surface area contributed by atoms with Gasteiger partial charge in [-0.05, 0) is 44.5 Å². The largest absolute Gasteiger partial charge is 0.508 e. The van der Waals surface area contributed by atoms with Crippen molar-refractivity contribution in [2.75, 3.05) is 0 Å². The molecule has 0 spiro atoms. The Morgan fingerprint density at radius 1 is 1.10 bits per heavy atom. The molecule has 2 aromatic carbocycles. The molecule has 0 heterocycles. The van der Waals surface area contributed by atoms with Gasteiger partial charge in [0.15, 0.2) is 0 Å². The smallest absolute Gasteiger partial charge is 0.408 e. The van der Waals surface area contributed by atoms with Crippen molar-refractivity contribution in [2.45, 2.75) is 45.4 Å². The quantitative estimate of drug-likeness (QED) is 0.497. The zero-order valence-corrected chi connectivity index (χ0v) is 18.9. The lowest BCUT2D eigenvalue weighted by atomic mass is 9.99. The standard InChI is InChI=1S/C22H24BrNO7/c1-22(2,3)31-21(29)24-18(19(26)27)10-13-8-9-15(25)11-16(13)20(28)30-12-14-6-4-5-7-17(14)23/h4-9,11,18,25H,10,12H2,1-3H3,(H,24,29)(H,26,27)/t18-/m0/s1. The van der Waals surface area contributed by atoms with Gasteiger partial charge in [0, 0.05) is 16.5 Å². The molecule has 0 unspecified atom stereocenters. The second-order valence-electron chi connectivity index (χ2n) is 7.75. The molecule has 0 saturated carbocycles. The van der Waals surface area contributed by atoms with Gasteiger partial charge < -0.3 is 25.0 Å². The molecule has 8 nitrogen and oxygen atoms in total. The van der Waals surface area contributed by atoms with E-state index in [-0.39, 0.29) is 24.3 Å². The maximum absolute atomic E-state index is 12.7. The number of aromatic hydroxyl groups is 1. The van der Waals surface area contributed by atoms with Gasteiger partial charge in [-0.2, -0.15) is 0 Å². The third-order valence-corrected chi connectivity index (χ3v) is 4.82. The van der Waals surface area contributed by atoms with Crippen LogP contribution in [0.4, 0.5) is 4.79 Å². The third-order valence-electron chi connectivity index (χ3n) is 4.04. The van der Waals surface area contributed by atoms with Gasteiger partial charge in [0.05, 0.1) is 5.56 Å². The van der Waals surface area contributed by atoms with Crippen LogP contribution in [0.2, 0.25) is 0 Å². The summed E-state index contributed by atoms with van der Waals surface area (Å²) in [6.07, 6.45) is -1.11. The van der Waals surface area contributed by atoms with Gasteiger partial charge in [0.25, 0.3) is 0 Å². The number of carboxylic acids is 1. The number of hydrogen-bond acceptors (Lipinski definition) is 6. The maximum atomic E-state index is 12.7. The Balaban J connectivity index is 2.18. The Hall–Kier alpha value is -3.07. The van der Waals surface area contributed by atoms with E-state index in [0.717, 1.165) is 10.0 Å². The number of esters is 1. The molecule has 2 aromatic rings. The normalized spacial score (nSPS) is 12.0. The first-order valence-electron chi connectivity index (χ1n) is 9.41. The molecule has 0 aliphatic carbocycles. The minimum Gasteiger partial charge on any atom is -0.508 e. The molecule has 0 fully saturated rings. The molecule has 0 aromatic heterocycles. The van der Waals surface area contributed by atoms with Crippen LogP contribution in [0.25, 0.3) is 0 Å². The number of amides is 1. The van der Waals surface area contributed by atoms with Crippen molar-refractivity contribution in [3.8, 4) is 5.75 Å². The van der Waals surface area contributed by atoms with Crippen LogP contribution in [0.3, 0.4) is 0 Å². The second kappa shape index (κ2) is 10.3. The minimum atomic E-state index is -1.35. The van der Waals surface area contributed by atoms with E-state index in [1.807, 2.05) is 12.1 Å². The van der Waals surface area contributed by atoms with Gasteiger partial charge in [-0.25, -0.2) is 14.4 Å². The lowest BCUT2D eigenvalue weighted by molar-refractivity contribution is -0.139. The summed E-state index contributed by atoms with van der Waals surface area (Å²) < 4.78 is 11.2. The molecule has 166 valence electrons. The van der Waals surface area contributed by atoms with E-state index in [4.69, 9.17) is 9.47 Å². The van der Waals surface area contributed by atoms with Crippen LogP contribution in [0, 0.1) is 0 Å². The third kappa shape index (κ3) is 7.60. The number of alkyl carbamates (subject to hydrolysis) is 1. The van der Waals surface area contributed by atoms with Gasteiger partial charge in [-0.15, -0.1) is 0 Å². The Morgan fingerprint density at radius 2 is 1.77 bits per heavy atom. The predicted molar refractivity (Wildman–Crippen MR) is 116 cm³/mol. The summed E-state index contributed by atoms with van der Waals surface area (Å²) in [4.78, 5) is 36.3. The minimum absolute atomic E-state index is 0.00397. The van der Waals surface area contributed by atoms with Crippen LogP contribution in [0.1, 0.15) is 42.3 Å². The van der Waals surface area contributed by atoms with E-state index in [1.165, 1.54) is 18.2 Å². The fourth-order valence-corrected chi connectivity index (χ4v) is 3.04. The van der Waals surface area contributed by atoms with Gasteiger partial charge >= 0.3 is 18.0 Å². The van der Waals surface area contributed by atoms with Crippen LogP contribution in [-0.4, -0.2) is 39.9 Å². The van der Waals surface area contributed by atoms with E-state index in [9.17, 15) is 24.6 Å². The van der Waals surface area contributed by atoms with Gasteiger partial charge in [0.1, 0.15) is 24.0 Å². The lowest BCUT2D eigenvalue weighted by Gasteiger charge is -2.22. The van der Waals surface area contributed by atoms with Crippen molar-refractivity contribution in [3.63, 3.8) is 0 Å². The highest BCUT2D eigenvalue weighted by Gasteiger charge is 2.26. The predicted octanol–water partition coefficient (Wildman–Crippen LogP) is 4.03. The number of halogens is 1. The molecule has 0 radical (unpaired) electrons. The molecular formula is C22H24BrNO7. The highest BCUT2D eigenvalue weighted by Crippen LogP contribution is 2.22.